The molecule has 0 radical (unpaired) electrons. The summed E-state index contributed by atoms with van der Waals surface area (Å²) in [5.74, 6) is -1.68. The maximum atomic E-state index is 13.8. The van der Waals surface area contributed by atoms with E-state index in [-0.39, 0.29) is 23.1 Å². The highest BCUT2D eigenvalue weighted by Gasteiger charge is 2.20. The number of nitrogens with zero attached hydrogens (tertiary/aromatic N) is 1. The fraction of sp³-hybridized carbons (Fsp3) is 0.333. The minimum absolute atomic E-state index is 0.0731. The van der Waals surface area contributed by atoms with Gasteiger partial charge in [-0.25, -0.2) is 13.8 Å². The third-order valence-corrected chi connectivity index (χ3v) is 3.06. The summed E-state index contributed by atoms with van der Waals surface area (Å²) in [6.45, 7) is 5.40. The fourth-order valence-corrected chi connectivity index (χ4v) is 2.11. The molecule has 21 heavy (non-hydrogen) atoms. The van der Waals surface area contributed by atoms with Gasteiger partial charge in [0.15, 0.2) is 0 Å². The summed E-state index contributed by atoms with van der Waals surface area (Å²) in [6.07, 6.45) is 0. The molecule has 0 bridgehead atoms. The molecule has 0 spiro atoms. The van der Waals surface area contributed by atoms with Crippen molar-refractivity contribution < 1.29 is 8.78 Å². The van der Waals surface area contributed by atoms with Crippen molar-refractivity contribution in [3.8, 4) is 0 Å². The molecule has 1 aromatic carbocycles. The van der Waals surface area contributed by atoms with E-state index in [0.29, 0.717) is 5.69 Å². The monoisotopic (exact) mass is 293 g/mol. The van der Waals surface area contributed by atoms with Crippen LogP contribution in [0.4, 0.5) is 14.7 Å². The fourth-order valence-electron chi connectivity index (χ4n) is 2.11. The smallest absolute Gasteiger partial charge is 0.252 e. The zero-order valence-electron chi connectivity index (χ0n) is 12.1. The van der Waals surface area contributed by atoms with Crippen molar-refractivity contribution in [1.29, 1.82) is 0 Å². The van der Waals surface area contributed by atoms with Crippen LogP contribution in [-0.2, 0) is 0 Å². The van der Waals surface area contributed by atoms with Crippen LogP contribution in [0.2, 0.25) is 0 Å². The van der Waals surface area contributed by atoms with Crippen molar-refractivity contribution in [2.24, 2.45) is 0 Å². The van der Waals surface area contributed by atoms with E-state index in [9.17, 15) is 13.6 Å². The summed E-state index contributed by atoms with van der Waals surface area (Å²) in [7, 11) is 0. The highest BCUT2D eigenvalue weighted by molar-refractivity contribution is 5.33. The Morgan fingerprint density at radius 3 is 2.38 bits per heavy atom. The van der Waals surface area contributed by atoms with E-state index in [2.05, 4.69) is 15.3 Å². The highest BCUT2D eigenvalue weighted by Crippen LogP contribution is 2.27. The molecule has 0 fully saturated rings. The molecule has 1 atom stereocenters. The van der Waals surface area contributed by atoms with Crippen LogP contribution in [0.5, 0.6) is 0 Å². The molecule has 1 heterocycles. The van der Waals surface area contributed by atoms with Gasteiger partial charge in [-0.05, 0) is 26.0 Å². The van der Waals surface area contributed by atoms with Crippen LogP contribution in [-0.4, -0.2) is 16.0 Å². The first-order valence-electron chi connectivity index (χ1n) is 6.70. The SMILES string of the molecule is CC(C)Nc1nc(C(C)c2c(F)cccc2F)cc(=O)[nH]1. The van der Waals surface area contributed by atoms with Crippen molar-refractivity contribution in [1.82, 2.24) is 9.97 Å². The molecule has 0 aliphatic carbocycles. The summed E-state index contributed by atoms with van der Waals surface area (Å²) in [5.41, 5.74) is -0.149. The van der Waals surface area contributed by atoms with Gasteiger partial charge in [0, 0.05) is 23.6 Å². The van der Waals surface area contributed by atoms with E-state index in [1.807, 2.05) is 13.8 Å². The van der Waals surface area contributed by atoms with E-state index >= 15 is 0 Å². The largest absolute Gasteiger partial charge is 0.354 e. The Morgan fingerprint density at radius 1 is 1.19 bits per heavy atom. The number of anilines is 1. The Hall–Kier alpha value is -2.24. The van der Waals surface area contributed by atoms with Gasteiger partial charge in [-0.15, -0.1) is 0 Å². The Bertz CT molecular complexity index is 677. The van der Waals surface area contributed by atoms with Crippen LogP contribution in [0.25, 0.3) is 0 Å². The average Bonchev–Trinajstić information content (AvgIpc) is 2.36. The standard InChI is InChI=1S/C15H17F2N3O/c1-8(2)18-15-19-12(7-13(21)20-15)9(3)14-10(16)5-4-6-11(14)17/h4-9H,1-3H3,(H2,18,19,20,21). The topological polar surface area (TPSA) is 57.8 Å². The van der Waals surface area contributed by atoms with Crippen LogP contribution < -0.4 is 10.9 Å². The first-order valence-corrected chi connectivity index (χ1v) is 6.70. The van der Waals surface area contributed by atoms with Crippen molar-refractivity contribution >= 4 is 5.95 Å². The van der Waals surface area contributed by atoms with Crippen LogP contribution >= 0.6 is 0 Å². The lowest BCUT2D eigenvalue weighted by molar-refractivity contribution is 0.545. The van der Waals surface area contributed by atoms with Gasteiger partial charge in [0.25, 0.3) is 5.56 Å². The summed E-state index contributed by atoms with van der Waals surface area (Å²) in [5, 5.41) is 2.97. The number of rotatable bonds is 4. The quantitative estimate of drug-likeness (QED) is 0.911. The Balaban J connectivity index is 2.46. The number of aromatic amines is 1. The van der Waals surface area contributed by atoms with Crippen LogP contribution in [0.1, 0.15) is 37.9 Å². The molecule has 0 saturated heterocycles. The summed E-state index contributed by atoms with van der Waals surface area (Å²) in [6, 6.07) is 5.01. The number of benzene rings is 1. The van der Waals surface area contributed by atoms with Gasteiger partial charge in [0.1, 0.15) is 11.6 Å². The van der Waals surface area contributed by atoms with E-state index in [1.54, 1.807) is 6.92 Å². The van der Waals surface area contributed by atoms with Crippen LogP contribution in [0.3, 0.4) is 0 Å². The molecule has 1 unspecified atom stereocenters. The summed E-state index contributed by atoms with van der Waals surface area (Å²) < 4.78 is 27.7. The lowest BCUT2D eigenvalue weighted by Crippen LogP contribution is -2.19. The number of halogens is 2. The molecule has 2 aromatic rings. The van der Waals surface area contributed by atoms with Gasteiger partial charge in [-0.2, -0.15) is 0 Å². The molecule has 112 valence electrons. The zero-order valence-corrected chi connectivity index (χ0v) is 12.1. The normalized spacial score (nSPS) is 12.5. The third kappa shape index (κ3) is 3.45. The number of aromatic nitrogens is 2. The molecule has 2 rings (SSSR count). The Labute approximate surface area is 121 Å². The summed E-state index contributed by atoms with van der Waals surface area (Å²) in [4.78, 5) is 18.5. The second kappa shape index (κ2) is 6.03. The highest BCUT2D eigenvalue weighted by atomic mass is 19.1. The molecule has 0 saturated carbocycles. The van der Waals surface area contributed by atoms with Gasteiger partial charge in [-0.1, -0.05) is 13.0 Å². The Kier molecular flexibility index (Phi) is 4.35. The second-order valence-corrected chi connectivity index (χ2v) is 5.17. The van der Waals surface area contributed by atoms with Gasteiger partial charge < -0.3 is 5.32 Å². The average molecular weight is 293 g/mol. The van der Waals surface area contributed by atoms with E-state index in [4.69, 9.17) is 0 Å². The van der Waals surface area contributed by atoms with E-state index in [0.717, 1.165) is 0 Å². The maximum Gasteiger partial charge on any atom is 0.252 e. The molecular formula is C15H17F2N3O. The van der Waals surface area contributed by atoms with E-state index in [1.165, 1.54) is 24.3 Å². The molecule has 0 aliphatic heterocycles. The van der Waals surface area contributed by atoms with Crippen molar-refractivity contribution in [3.05, 3.63) is 57.5 Å². The Morgan fingerprint density at radius 2 is 1.81 bits per heavy atom. The van der Waals surface area contributed by atoms with E-state index < -0.39 is 17.6 Å². The minimum Gasteiger partial charge on any atom is -0.354 e. The van der Waals surface area contributed by atoms with Crippen molar-refractivity contribution in [3.63, 3.8) is 0 Å². The van der Waals surface area contributed by atoms with Gasteiger partial charge in [0.2, 0.25) is 5.95 Å². The predicted octanol–water partition coefficient (Wildman–Crippen LogP) is 3.02. The molecular weight excluding hydrogens is 276 g/mol. The van der Waals surface area contributed by atoms with Gasteiger partial charge in [0.05, 0.1) is 5.69 Å². The molecule has 0 amide bonds. The molecule has 2 N–H and O–H groups in total. The molecule has 4 nitrogen and oxygen atoms in total. The number of hydrogen-bond donors (Lipinski definition) is 2. The third-order valence-electron chi connectivity index (χ3n) is 3.06. The lowest BCUT2D eigenvalue weighted by Gasteiger charge is -2.15. The zero-order chi connectivity index (χ0) is 15.6. The summed E-state index contributed by atoms with van der Waals surface area (Å²) >= 11 is 0. The molecule has 0 aliphatic rings. The van der Waals surface area contributed by atoms with Crippen LogP contribution in [0.15, 0.2) is 29.1 Å². The minimum atomic E-state index is -0.666. The van der Waals surface area contributed by atoms with Crippen LogP contribution in [0, 0.1) is 11.6 Å². The van der Waals surface area contributed by atoms with Crippen molar-refractivity contribution in [2.75, 3.05) is 5.32 Å². The first kappa shape index (κ1) is 15.2. The second-order valence-electron chi connectivity index (χ2n) is 5.17. The van der Waals surface area contributed by atoms with Gasteiger partial charge >= 0.3 is 0 Å². The first-order chi connectivity index (χ1) is 9.88. The number of H-pyrrole nitrogens is 1. The number of nitrogens with one attached hydrogen (secondary N) is 2. The van der Waals surface area contributed by atoms with Crippen molar-refractivity contribution in [2.45, 2.75) is 32.7 Å². The maximum absolute atomic E-state index is 13.8. The lowest BCUT2D eigenvalue weighted by atomic mass is 9.96. The molecule has 1 aromatic heterocycles. The molecule has 6 heteroatoms. The number of hydrogen-bond acceptors (Lipinski definition) is 3. The predicted molar refractivity (Wildman–Crippen MR) is 77.5 cm³/mol. The van der Waals surface area contributed by atoms with Gasteiger partial charge in [-0.3, -0.25) is 9.78 Å².